The normalized spacial score (nSPS) is 13.4. The van der Waals surface area contributed by atoms with E-state index in [9.17, 15) is 8.42 Å². The Morgan fingerprint density at radius 1 is 1.31 bits per heavy atom. The molecule has 3 nitrogen and oxygen atoms in total. The summed E-state index contributed by atoms with van der Waals surface area (Å²) in [5, 5.41) is 3.21. The van der Waals surface area contributed by atoms with Crippen molar-refractivity contribution in [3.63, 3.8) is 0 Å². The van der Waals surface area contributed by atoms with Crippen LogP contribution in [-0.4, -0.2) is 44.0 Å². The van der Waals surface area contributed by atoms with Gasteiger partial charge in [-0.1, -0.05) is 13.8 Å². The SMILES string of the molecule is CC(C)CSCCNCC(C)(C)S(C)(=O)=O. The second kappa shape index (κ2) is 6.87. The number of rotatable bonds is 8. The number of thioether (sulfide) groups is 1. The molecule has 0 saturated carbocycles. The van der Waals surface area contributed by atoms with E-state index in [1.807, 2.05) is 11.8 Å². The minimum absolute atomic E-state index is 0.522. The molecule has 0 atom stereocenters. The van der Waals surface area contributed by atoms with Gasteiger partial charge in [-0.2, -0.15) is 11.8 Å². The van der Waals surface area contributed by atoms with E-state index in [1.165, 1.54) is 6.26 Å². The maximum absolute atomic E-state index is 11.4. The third kappa shape index (κ3) is 6.76. The molecule has 0 aromatic heterocycles. The quantitative estimate of drug-likeness (QED) is 0.681. The van der Waals surface area contributed by atoms with Crippen LogP contribution in [0.5, 0.6) is 0 Å². The molecule has 0 saturated heterocycles. The largest absolute Gasteiger partial charge is 0.314 e. The average Bonchev–Trinajstić information content (AvgIpc) is 2.08. The molecule has 0 bridgehead atoms. The van der Waals surface area contributed by atoms with Crippen molar-refractivity contribution < 1.29 is 8.42 Å². The van der Waals surface area contributed by atoms with Gasteiger partial charge in [-0.3, -0.25) is 0 Å². The number of nitrogens with one attached hydrogen (secondary N) is 1. The van der Waals surface area contributed by atoms with Gasteiger partial charge in [-0.05, 0) is 25.5 Å². The van der Waals surface area contributed by atoms with Crippen LogP contribution in [0.2, 0.25) is 0 Å². The fraction of sp³-hybridized carbons (Fsp3) is 1.00. The van der Waals surface area contributed by atoms with Crippen molar-refractivity contribution in [3.05, 3.63) is 0 Å². The van der Waals surface area contributed by atoms with Crippen molar-refractivity contribution in [2.24, 2.45) is 5.92 Å². The van der Waals surface area contributed by atoms with E-state index in [-0.39, 0.29) is 0 Å². The molecule has 0 aromatic rings. The summed E-state index contributed by atoms with van der Waals surface area (Å²) >= 11 is 1.91. The predicted octanol–water partition coefficient (Wildman–Crippen LogP) is 1.79. The van der Waals surface area contributed by atoms with Crippen LogP contribution in [0.15, 0.2) is 0 Å². The van der Waals surface area contributed by atoms with Gasteiger partial charge in [-0.25, -0.2) is 8.42 Å². The molecule has 0 aliphatic carbocycles. The van der Waals surface area contributed by atoms with Crippen LogP contribution < -0.4 is 5.32 Å². The number of hydrogen-bond acceptors (Lipinski definition) is 4. The fourth-order valence-corrected chi connectivity index (χ4v) is 2.27. The Labute approximate surface area is 105 Å². The maximum atomic E-state index is 11.4. The molecule has 0 spiro atoms. The Kier molecular flexibility index (Phi) is 6.98. The van der Waals surface area contributed by atoms with Gasteiger partial charge in [0.2, 0.25) is 0 Å². The predicted molar refractivity (Wildman–Crippen MR) is 74.0 cm³/mol. The van der Waals surface area contributed by atoms with E-state index in [1.54, 1.807) is 13.8 Å². The first-order valence-electron chi connectivity index (χ1n) is 5.65. The highest BCUT2D eigenvalue weighted by Crippen LogP contribution is 2.13. The van der Waals surface area contributed by atoms with Crippen LogP contribution in [0.4, 0.5) is 0 Å². The maximum Gasteiger partial charge on any atom is 0.153 e. The highest BCUT2D eigenvalue weighted by Gasteiger charge is 2.29. The van der Waals surface area contributed by atoms with Gasteiger partial charge < -0.3 is 5.32 Å². The zero-order valence-electron chi connectivity index (χ0n) is 11.0. The molecule has 16 heavy (non-hydrogen) atoms. The first-order valence-corrected chi connectivity index (χ1v) is 8.69. The van der Waals surface area contributed by atoms with Gasteiger partial charge in [0, 0.05) is 25.1 Å². The molecular weight excluding hydrogens is 242 g/mol. The van der Waals surface area contributed by atoms with Crippen LogP contribution in [0, 0.1) is 5.92 Å². The Balaban J connectivity index is 3.67. The molecule has 0 fully saturated rings. The lowest BCUT2D eigenvalue weighted by atomic mass is 10.2. The highest BCUT2D eigenvalue weighted by atomic mass is 32.2. The van der Waals surface area contributed by atoms with E-state index in [2.05, 4.69) is 19.2 Å². The van der Waals surface area contributed by atoms with Crippen LogP contribution in [0.1, 0.15) is 27.7 Å². The highest BCUT2D eigenvalue weighted by molar-refractivity contribution is 7.99. The molecule has 0 unspecified atom stereocenters. The van der Waals surface area contributed by atoms with E-state index in [0.717, 1.165) is 24.0 Å². The number of hydrogen-bond donors (Lipinski definition) is 1. The molecular formula is C11H25NO2S2. The summed E-state index contributed by atoms with van der Waals surface area (Å²) in [6, 6.07) is 0. The molecule has 0 aliphatic heterocycles. The molecule has 0 rings (SSSR count). The van der Waals surface area contributed by atoms with Gasteiger partial charge in [0.05, 0.1) is 4.75 Å². The summed E-state index contributed by atoms with van der Waals surface area (Å²) in [6.07, 6.45) is 1.29. The topological polar surface area (TPSA) is 46.2 Å². The standard InChI is InChI=1S/C11H25NO2S2/c1-10(2)8-15-7-6-12-9-11(3,4)16(5,13)14/h10,12H,6-9H2,1-5H3. The fourth-order valence-electron chi connectivity index (χ4n) is 0.984. The molecule has 0 amide bonds. The van der Waals surface area contributed by atoms with Gasteiger partial charge in [-0.15, -0.1) is 0 Å². The van der Waals surface area contributed by atoms with Crippen molar-refractivity contribution >= 4 is 21.6 Å². The van der Waals surface area contributed by atoms with E-state index < -0.39 is 14.6 Å². The lowest BCUT2D eigenvalue weighted by Crippen LogP contribution is -2.42. The van der Waals surface area contributed by atoms with E-state index in [4.69, 9.17) is 0 Å². The first kappa shape index (κ1) is 16.3. The zero-order chi connectivity index (χ0) is 12.8. The summed E-state index contributed by atoms with van der Waals surface area (Å²) in [5.74, 6) is 2.92. The summed E-state index contributed by atoms with van der Waals surface area (Å²) in [5.41, 5.74) is 0. The lowest BCUT2D eigenvalue weighted by Gasteiger charge is -2.22. The van der Waals surface area contributed by atoms with Gasteiger partial charge in [0.1, 0.15) is 0 Å². The minimum Gasteiger partial charge on any atom is -0.314 e. The van der Waals surface area contributed by atoms with Crippen LogP contribution in [0.3, 0.4) is 0 Å². The van der Waals surface area contributed by atoms with Gasteiger partial charge in [0.25, 0.3) is 0 Å². The molecule has 0 heterocycles. The van der Waals surface area contributed by atoms with Crippen molar-refractivity contribution in [3.8, 4) is 0 Å². The summed E-state index contributed by atoms with van der Waals surface area (Å²) in [4.78, 5) is 0. The minimum atomic E-state index is -2.98. The Hall–Kier alpha value is 0.260. The molecule has 5 heteroatoms. The number of sulfone groups is 1. The molecule has 1 N–H and O–H groups in total. The average molecular weight is 267 g/mol. The molecule has 0 radical (unpaired) electrons. The smallest absolute Gasteiger partial charge is 0.153 e. The van der Waals surface area contributed by atoms with Gasteiger partial charge in [0.15, 0.2) is 9.84 Å². The van der Waals surface area contributed by atoms with Crippen molar-refractivity contribution in [1.82, 2.24) is 5.32 Å². The molecule has 0 aromatic carbocycles. The monoisotopic (exact) mass is 267 g/mol. The Morgan fingerprint density at radius 2 is 1.88 bits per heavy atom. The zero-order valence-corrected chi connectivity index (χ0v) is 12.7. The van der Waals surface area contributed by atoms with Crippen LogP contribution in [0.25, 0.3) is 0 Å². The Bertz CT molecular complexity index is 284. The second-order valence-corrected chi connectivity index (χ2v) is 8.98. The van der Waals surface area contributed by atoms with Crippen molar-refractivity contribution in [1.29, 1.82) is 0 Å². The van der Waals surface area contributed by atoms with Crippen molar-refractivity contribution in [2.75, 3.05) is 30.9 Å². The Morgan fingerprint density at radius 3 is 2.31 bits per heavy atom. The van der Waals surface area contributed by atoms with E-state index >= 15 is 0 Å². The van der Waals surface area contributed by atoms with E-state index in [0.29, 0.717) is 6.54 Å². The summed E-state index contributed by atoms with van der Waals surface area (Å²) in [7, 11) is -2.98. The van der Waals surface area contributed by atoms with Crippen molar-refractivity contribution in [2.45, 2.75) is 32.4 Å². The van der Waals surface area contributed by atoms with Gasteiger partial charge >= 0.3 is 0 Å². The third-order valence-corrected chi connectivity index (χ3v) is 5.98. The molecule has 0 aliphatic rings. The summed E-state index contributed by atoms with van der Waals surface area (Å²) < 4.78 is 22.2. The van der Waals surface area contributed by atoms with Crippen LogP contribution >= 0.6 is 11.8 Å². The third-order valence-electron chi connectivity index (χ3n) is 2.43. The lowest BCUT2D eigenvalue weighted by molar-refractivity contribution is 0.528. The van der Waals surface area contributed by atoms with Crippen LogP contribution in [-0.2, 0) is 9.84 Å². The molecule has 98 valence electrons. The summed E-state index contributed by atoms with van der Waals surface area (Å²) in [6.45, 7) is 9.32. The first-order chi connectivity index (χ1) is 7.17. The second-order valence-electron chi connectivity index (χ2n) is 5.18.